The van der Waals surface area contributed by atoms with E-state index in [-0.39, 0.29) is 10.9 Å². The smallest absolute Gasteiger partial charge is 0.227 e. The molecule has 0 unspecified atom stereocenters. The van der Waals surface area contributed by atoms with Crippen LogP contribution >= 0.6 is 11.3 Å². The molecule has 3 aromatic rings. The number of methoxy groups -OCH3 is 1. The molecule has 1 aromatic carbocycles. The highest BCUT2D eigenvalue weighted by Crippen LogP contribution is 2.26. The monoisotopic (exact) mass is 407 g/mol. The quantitative estimate of drug-likeness (QED) is 0.545. The van der Waals surface area contributed by atoms with E-state index in [0.717, 1.165) is 12.2 Å². The van der Waals surface area contributed by atoms with Crippen LogP contribution in [0.25, 0.3) is 10.1 Å². The van der Waals surface area contributed by atoms with E-state index in [4.69, 9.17) is 4.74 Å². The second-order valence-electron chi connectivity index (χ2n) is 6.50. The molecule has 3 rings (SSSR count). The van der Waals surface area contributed by atoms with Gasteiger partial charge in [0, 0.05) is 36.3 Å². The molecule has 6 nitrogen and oxygen atoms in total. The Balaban J connectivity index is 1.79. The van der Waals surface area contributed by atoms with Crippen molar-refractivity contribution in [1.82, 2.24) is 14.5 Å². The zero-order valence-electron chi connectivity index (χ0n) is 15.9. The number of imidazole rings is 1. The highest BCUT2D eigenvalue weighted by molar-refractivity contribution is 7.91. The fourth-order valence-corrected chi connectivity index (χ4v) is 5.19. The Kier molecular flexibility index (Phi) is 6.31. The van der Waals surface area contributed by atoms with Gasteiger partial charge in [-0.3, -0.25) is 4.90 Å². The van der Waals surface area contributed by atoms with Crippen molar-refractivity contribution in [1.29, 1.82) is 0 Å². The third-order valence-electron chi connectivity index (χ3n) is 4.41. The molecule has 0 saturated carbocycles. The lowest BCUT2D eigenvalue weighted by molar-refractivity contribution is 0.182. The second-order valence-corrected chi connectivity index (χ2v) is 9.84. The Morgan fingerprint density at radius 2 is 2.04 bits per heavy atom. The zero-order chi connectivity index (χ0) is 19.4. The van der Waals surface area contributed by atoms with Crippen molar-refractivity contribution in [3.8, 4) is 0 Å². The number of thiophene rings is 1. The molecule has 2 aromatic heterocycles. The molecule has 0 fully saturated rings. The lowest BCUT2D eigenvalue weighted by Gasteiger charge is -2.18. The van der Waals surface area contributed by atoms with Crippen LogP contribution in [0.2, 0.25) is 0 Å². The summed E-state index contributed by atoms with van der Waals surface area (Å²) in [6.07, 6.45) is 1.67. The molecule has 0 radical (unpaired) electrons. The summed E-state index contributed by atoms with van der Waals surface area (Å²) in [5.74, 6) is 0.0358. The minimum atomic E-state index is -3.37. The first-order chi connectivity index (χ1) is 12.9. The van der Waals surface area contributed by atoms with Gasteiger partial charge >= 0.3 is 0 Å². The summed E-state index contributed by atoms with van der Waals surface area (Å²) >= 11 is 1.79. The van der Waals surface area contributed by atoms with Gasteiger partial charge in [0.1, 0.15) is 0 Å². The van der Waals surface area contributed by atoms with Crippen LogP contribution in [-0.2, 0) is 34.2 Å². The summed E-state index contributed by atoms with van der Waals surface area (Å²) in [5, 5.41) is 1.39. The molecule has 0 atom stereocenters. The highest BCUT2D eigenvalue weighted by Gasteiger charge is 2.22. The predicted molar refractivity (Wildman–Crippen MR) is 109 cm³/mol. The number of hydrogen-bond acceptors (Lipinski definition) is 6. The van der Waals surface area contributed by atoms with Gasteiger partial charge in [0.05, 0.1) is 24.3 Å². The van der Waals surface area contributed by atoms with Crippen LogP contribution < -0.4 is 0 Å². The Labute approximate surface area is 164 Å². The molecule has 0 saturated heterocycles. The number of sulfone groups is 1. The Hall–Kier alpha value is -1.74. The molecule has 0 amide bonds. The minimum absolute atomic E-state index is 0.0358. The molecule has 0 N–H and O–H groups in total. The van der Waals surface area contributed by atoms with Crippen LogP contribution in [0.1, 0.15) is 17.5 Å². The topological polar surface area (TPSA) is 64.4 Å². The van der Waals surface area contributed by atoms with Gasteiger partial charge in [-0.1, -0.05) is 25.1 Å². The standard InChI is InChI=1S/C19H25N3O3S2/c1-4-27(23,24)19-20-12-16(22(19)9-10-25-3)13-21(2)14-17-11-15-7-5-6-8-18(15)26-17/h5-8,11-12H,4,9-10,13-14H2,1-3H3. The van der Waals surface area contributed by atoms with Crippen molar-refractivity contribution in [2.45, 2.75) is 31.7 Å². The van der Waals surface area contributed by atoms with E-state index in [0.29, 0.717) is 19.7 Å². The first kappa shape index (κ1) is 20.0. The third-order valence-corrected chi connectivity index (χ3v) is 7.16. The predicted octanol–water partition coefficient (Wildman–Crippen LogP) is 3.17. The summed E-state index contributed by atoms with van der Waals surface area (Å²) in [4.78, 5) is 7.66. The van der Waals surface area contributed by atoms with E-state index < -0.39 is 9.84 Å². The van der Waals surface area contributed by atoms with Gasteiger partial charge in [-0.2, -0.15) is 0 Å². The highest BCUT2D eigenvalue weighted by atomic mass is 32.2. The molecule has 2 heterocycles. The molecule has 0 aliphatic rings. The van der Waals surface area contributed by atoms with Crippen LogP contribution in [0.5, 0.6) is 0 Å². The van der Waals surface area contributed by atoms with E-state index in [1.54, 1.807) is 36.1 Å². The first-order valence-corrected chi connectivity index (χ1v) is 11.3. The normalized spacial score (nSPS) is 12.3. The Morgan fingerprint density at radius 3 is 2.74 bits per heavy atom. The molecule has 0 bridgehead atoms. The first-order valence-electron chi connectivity index (χ1n) is 8.86. The SMILES string of the molecule is CCS(=O)(=O)c1ncc(CN(C)Cc2cc3ccccc3s2)n1CCOC. The minimum Gasteiger partial charge on any atom is -0.383 e. The molecule has 0 aliphatic carbocycles. The number of aromatic nitrogens is 2. The molecule has 8 heteroatoms. The Morgan fingerprint density at radius 1 is 1.26 bits per heavy atom. The summed E-state index contributed by atoms with van der Waals surface area (Å²) in [6.45, 7) is 3.96. The van der Waals surface area contributed by atoms with Gasteiger partial charge < -0.3 is 9.30 Å². The van der Waals surface area contributed by atoms with Crippen molar-refractivity contribution < 1.29 is 13.2 Å². The number of ether oxygens (including phenoxy) is 1. The van der Waals surface area contributed by atoms with Crippen LogP contribution in [0.3, 0.4) is 0 Å². The molecule has 146 valence electrons. The van der Waals surface area contributed by atoms with Gasteiger partial charge in [0.25, 0.3) is 0 Å². The van der Waals surface area contributed by atoms with Crippen LogP contribution in [0, 0.1) is 0 Å². The van der Waals surface area contributed by atoms with Crippen molar-refractivity contribution in [3.63, 3.8) is 0 Å². The largest absolute Gasteiger partial charge is 0.383 e. The summed E-state index contributed by atoms with van der Waals surface area (Å²) in [6, 6.07) is 10.6. The Bertz CT molecular complexity index is 975. The van der Waals surface area contributed by atoms with Crippen molar-refractivity contribution in [2.75, 3.05) is 26.5 Å². The van der Waals surface area contributed by atoms with E-state index >= 15 is 0 Å². The second kappa shape index (κ2) is 8.52. The average molecular weight is 408 g/mol. The van der Waals surface area contributed by atoms with E-state index in [2.05, 4.69) is 34.1 Å². The zero-order valence-corrected chi connectivity index (χ0v) is 17.5. The van der Waals surface area contributed by atoms with Crippen LogP contribution in [0.4, 0.5) is 0 Å². The number of hydrogen-bond donors (Lipinski definition) is 0. The summed E-state index contributed by atoms with van der Waals surface area (Å²) in [7, 11) is 0.272. The lowest BCUT2D eigenvalue weighted by Crippen LogP contribution is -2.22. The lowest BCUT2D eigenvalue weighted by atomic mass is 10.2. The van der Waals surface area contributed by atoms with E-state index in [9.17, 15) is 8.42 Å². The average Bonchev–Trinajstić information content (AvgIpc) is 3.23. The van der Waals surface area contributed by atoms with Crippen molar-refractivity contribution >= 4 is 31.3 Å². The summed E-state index contributed by atoms with van der Waals surface area (Å²) in [5.41, 5.74) is 0.877. The fourth-order valence-electron chi connectivity index (χ4n) is 3.03. The maximum Gasteiger partial charge on any atom is 0.227 e. The van der Waals surface area contributed by atoms with Gasteiger partial charge in [-0.15, -0.1) is 11.3 Å². The number of benzene rings is 1. The molecule has 0 aliphatic heterocycles. The number of rotatable bonds is 9. The maximum absolute atomic E-state index is 12.3. The van der Waals surface area contributed by atoms with Gasteiger partial charge in [-0.25, -0.2) is 13.4 Å². The van der Waals surface area contributed by atoms with E-state index in [1.807, 2.05) is 13.1 Å². The molecular formula is C19H25N3O3S2. The number of nitrogens with zero attached hydrogens (tertiary/aromatic N) is 3. The third kappa shape index (κ3) is 4.57. The number of fused-ring (bicyclic) bond motifs is 1. The molecular weight excluding hydrogens is 382 g/mol. The van der Waals surface area contributed by atoms with Crippen LogP contribution in [-0.4, -0.2) is 49.4 Å². The van der Waals surface area contributed by atoms with Gasteiger partial charge in [0.15, 0.2) is 0 Å². The van der Waals surface area contributed by atoms with Gasteiger partial charge in [-0.05, 0) is 24.6 Å². The fraction of sp³-hybridized carbons (Fsp3) is 0.421. The van der Waals surface area contributed by atoms with Crippen molar-refractivity contribution in [2.24, 2.45) is 0 Å². The summed E-state index contributed by atoms with van der Waals surface area (Å²) < 4.78 is 32.9. The van der Waals surface area contributed by atoms with Gasteiger partial charge in [0.2, 0.25) is 15.0 Å². The molecule has 27 heavy (non-hydrogen) atoms. The van der Waals surface area contributed by atoms with Crippen molar-refractivity contribution in [3.05, 3.63) is 47.1 Å². The van der Waals surface area contributed by atoms with E-state index in [1.165, 1.54) is 15.0 Å². The molecule has 0 spiro atoms. The van der Waals surface area contributed by atoms with Crippen LogP contribution in [0.15, 0.2) is 41.7 Å². The maximum atomic E-state index is 12.3.